The molecule has 0 aliphatic carbocycles. The van der Waals surface area contributed by atoms with Gasteiger partial charge in [0.05, 0.1) is 12.5 Å². The molecule has 0 unspecified atom stereocenters. The Morgan fingerprint density at radius 1 is 1.33 bits per heavy atom. The predicted molar refractivity (Wildman–Crippen MR) is 69.1 cm³/mol. The van der Waals surface area contributed by atoms with Gasteiger partial charge in [0, 0.05) is 32.2 Å². The molecule has 0 aromatic heterocycles. The van der Waals surface area contributed by atoms with E-state index in [1.165, 1.54) is 0 Å². The Morgan fingerprint density at radius 3 is 2.33 bits per heavy atom. The van der Waals surface area contributed by atoms with E-state index in [0.29, 0.717) is 19.5 Å². The molecule has 1 saturated heterocycles. The number of ether oxygens (including phenoxy) is 1. The van der Waals surface area contributed by atoms with Crippen molar-refractivity contribution in [3.8, 4) is 6.07 Å². The third-order valence-electron chi connectivity index (χ3n) is 2.98. The number of hydrogen-bond acceptors (Lipinski definition) is 4. The number of amides is 1. The van der Waals surface area contributed by atoms with Crippen LogP contribution in [0.4, 0.5) is 4.79 Å². The quantitative estimate of drug-likeness (QED) is 0.753. The molecule has 102 valence electrons. The highest BCUT2D eigenvalue weighted by Gasteiger charge is 2.27. The third-order valence-corrected chi connectivity index (χ3v) is 2.98. The Kier molecular flexibility index (Phi) is 4.97. The molecule has 0 aromatic rings. The standard InChI is InChI=1S/C13H23N3O2/c1-11(5-6-14)15-7-9-16(10-8-15)12(17)18-13(2,3)4/h11H,5,7-10H2,1-4H3/t11-/m0/s1. The molecule has 5 heteroatoms. The average molecular weight is 253 g/mol. The van der Waals surface area contributed by atoms with E-state index in [9.17, 15) is 4.79 Å². The molecule has 1 fully saturated rings. The van der Waals surface area contributed by atoms with E-state index in [-0.39, 0.29) is 12.1 Å². The topological polar surface area (TPSA) is 56.6 Å². The van der Waals surface area contributed by atoms with Crippen LogP contribution < -0.4 is 0 Å². The van der Waals surface area contributed by atoms with Gasteiger partial charge in [-0.2, -0.15) is 5.26 Å². The molecular weight excluding hydrogens is 230 g/mol. The SMILES string of the molecule is C[C@@H](CC#N)N1CCN(C(=O)OC(C)(C)C)CC1. The van der Waals surface area contributed by atoms with E-state index in [1.807, 2.05) is 27.7 Å². The van der Waals surface area contributed by atoms with Gasteiger partial charge in [0.25, 0.3) is 0 Å². The minimum atomic E-state index is -0.442. The van der Waals surface area contributed by atoms with E-state index < -0.39 is 5.60 Å². The zero-order valence-corrected chi connectivity index (χ0v) is 11.8. The fraction of sp³-hybridized carbons (Fsp3) is 0.846. The van der Waals surface area contributed by atoms with E-state index >= 15 is 0 Å². The molecule has 1 aliphatic heterocycles. The first-order valence-corrected chi connectivity index (χ1v) is 6.42. The normalized spacial score (nSPS) is 19.2. The van der Waals surface area contributed by atoms with Crippen molar-refractivity contribution < 1.29 is 9.53 Å². The van der Waals surface area contributed by atoms with Crippen LogP contribution in [0.1, 0.15) is 34.1 Å². The van der Waals surface area contributed by atoms with Crippen molar-refractivity contribution in [2.24, 2.45) is 0 Å². The van der Waals surface area contributed by atoms with Gasteiger partial charge in [-0.25, -0.2) is 4.79 Å². The highest BCUT2D eigenvalue weighted by atomic mass is 16.6. The zero-order chi connectivity index (χ0) is 13.8. The molecule has 0 aromatic carbocycles. The summed E-state index contributed by atoms with van der Waals surface area (Å²) in [5, 5.41) is 8.67. The summed E-state index contributed by atoms with van der Waals surface area (Å²) in [6.07, 6.45) is 0.294. The van der Waals surface area contributed by atoms with Crippen LogP contribution in [0, 0.1) is 11.3 Å². The lowest BCUT2D eigenvalue weighted by molar-refractivity contribution is 0.0113. The van der Waals surface area contributed by atoms with Gasteiger partial charge in [-0.3, -0.25) is 4.90 Å². The largest absolute Gasteiger partial charge is 0.444 e. The van der Waals surface area contributed by atoms with E-state index in [1.54, 1.807) is 4.90 Å². The molecule has 0 saturated carbocycles. The average Bonchev–Trinajstić information content (AvgIpc) is 2.27. The molecule has 1 aliphatic rings. The molecule has 0 N–H and O–H groups in total. The van der Waals surface area contributed by atoms with Crippen LogP contribution in [-0.2, 0) is 4.74 Å². The van der Waals surface area contributed by atoms with Gasteiger partial charge in [-0.05, 0) is 27.7 Å². The Hall–Kier alpha value is -1.28. The zero-order valence-electron chi connectivity index (χ0n) is 11.8. The van der Waals surface area contributed by atoms with Crippen LogP contribution in [0.25, 0.3) is 0 Å². The summed E-state index contributed by atoms with van der Waals surface area (Å²) in [6.45, 7) is 10.6. The van der Waals surface area contributed by atoms with E-state index in [0.717, 1.165) is 13.1 Å². The molecule has 0 spiro atoms. The molecule has 1 amide bonds. The summed E-state index contributed by atoms with van der Waals surface area (Å²) in [7, 11) is 0. The van der Waals surface area contributed by atoms with Crippen LogP contribution in [0.3, 0.4) is 0 Å². The van der Waals surface area contributed by atoms with Crippen molar-refractivity contribution in [2.45, 2.75) is 45.8 Å². The van der Waals surface area contributed by atoms with Gasteiger partial charge in [0.2, 0.25) is 0 Å². The van der Waals surface area contributed by atoms with Gasteiger partial charge in [0.1, 0.15) is 5.60 Å². The molecule has 0 radical (unpaired) electrons. The van der Waals surface area contributed by atoms with Crippen LogP contribution in [0.5, 0.6) is 0 Å². The minimum Gasteiger partial charge on any atom is -0.444 e. The number of nitrogens with zero attached hydrogens (tertiary/aromatic N) is 3. The van der Waals surface area contributed by atoms with Gasteiger partial charge >= 0.3 is 6.09 Å². The second kappa shape index (κ2) is 6.05. The second-order valence-electron chi connectivity index (χ2n) is 5.71. The lowest BCUT2D eigenvalue weighted by Crippen LogP contribution is -2.52. The summed E-state index contributed by atoms with van der Waals surface area (Å²) in [6, 6.07) is 2.44. The molecule has 1 atom stereocenters. The number of carbonyl (C=O) groups is 1. The number of hydrogen-bond donors (Lipinski definition) is 0. The fourth-order valence-corrected chi connectivity index (χ4v) is 1.93. The second-order valence-corrected chi connectivity index (χ2v) is 5.71. The number of carbonyl (C=O) groups excluding carboxylic acids is 1. The maximum atomic E-state index is 11.8. The van der Waals surface area contributed by atoms with Crippen molar-refractivity contribution in [1.82, 2.24) is 9.80 Å². The maximum absolute atomic E-state index is 11.8. The summed E-state index contributed by atoms with van der Waals surface area (Å²) in [5.74, 6) is 0. The summed E-state index contributed by atoms with van der Waals surface area (Å²) < 4.78 is 5.34. The Morgan fingerprint density at radius 2 is 1.89 bits per heavy atom. The van der Waals surface area contributed by atoms with Gasteiger partial charge in [-0.15, -0.1) is 0 Å². The van der Waals surface area contributed by atoms with Crippen molar-refractivity contribution >= 4 is 6.09 Å². The predicted octanol–water partition coefficient (Wildman–Crippen LogP) is 1.84. The minimum absolute atomic E-state index is 0.241. The Labute approximate surface area is 109 Å². The molecule has 18 heavy (non-hydrogen) atoms. The summed E-state index contributed by atoms with van der Waals surface area (Å²) in [4.78, 5) is 15.8. The Bertz CT molecular complexity index is 322. The number of nitriles is 1. The van der Waals surface area contributed by atoms with Crippen molar-refractivity contribution in [2.75, 3.05) is 26.2 Å². The van der Waals surface area contributed by atoms with Crippen molar-refractivity contribution in [1.29, 1.82) is 5.26 Å². The van der Waals surface area contributed by atoms with Gasteiger partial charge in [0.15, 0.2) is 0 Å². The first kappa shape index (κ1) is 14.8. The first-order chi connectivity index (χ1) is 8.33. The van der Waals surface area contributed by atoms with Crippen LogP contribution >= 0.6 is 0 Å². The molecule has 1 heterocycles. The first-order valence-electron chi connectivity index (χ1n) is 6.42. The van der Waals surface area contributed by atoms with Gasteiger partial charge < -0.3 is 9.64 Å². The molecule has 5 nitrogen and oxygen atoms in total. The van der Waals surface area contributed by atoms with Crippen molar-refractivity contribution in [3.63, 3.8) is 0 Å². The summed E-state index contributed by atoms with van der Waals surface area (Å²) >= 11 is 0. The third kappa shape index (κ3) is 4.53. The molecule has 1 rings (SSSR count). The molecule has 0 bridgehead atoms. The summed E-state index contributed by atoms with van der Waals surface area (Å²) in [5.41, 5.74) is -0.442. The van der Waals surface area contributed by atoms with Crippen LogP contribution in [-0.4, -0.2) is 53.7 Å². The highest BCUT2D eigenvalue weighted by Crippen LogP contribution is 2.13. The number of piperazine rings is 1. The van der Waals surface area contributed by atoms with E-state index in [4.69, 9.17) is 10.00 Å². The fourth-order valence-electron chi connectivity index (χ4n) is 1.93. The van der Waals surface area contributed by atoms with Crippen LogP contribution in [0.2, 0.25) is 0 Å². The van der Waals surface area contributed by atoms with E-state index in [2.05, 4.69) is 11.0 Å². The molecular formula is C13H23N3O2. The Balaban J connectivity index is 2.40. The van der Waals surface area contributed by atoms with Gasteiger partial charge in [-0.1, -0.05) is 0 Å². The highest BCUT2D eigenvalue weighted by molar-refractivity contribution is 5.68. The monoisotopic (exact) mass is 253 g/mol. The maximum Gasteiger partial charge on any atom is 0.410 e. The van der Waals surface area contributed by atoms with Crippen LogP contribution in [0.15, 0.2) is 0 Å². The lowest BCUT2D eigenvalue weighted by Gasteiger charge is -2.37. The van der Waals surface area contributed by atoms with Crippen molar-refractivity contribution in [3.05, 3.63) is 0 Å². The smallest absolute Gasteiger partial charge is 0.410 e. The number of rotatable bonds is 2. The lowest BCUT2D eigenvalue weighted by atomic mass is 10.2.